The van der Waals surface area contributed by atoms with Crippen LogP contribution in [-0.4, -0.2) is 14.6 Å². The monoisotopic (exact) mass is 299 g/mol. The van der Waals surface area contributed by atoms with Gasteiger partial charge in [-0.1, -0.05) is 42.1 Å². The lowest BCUT2D eigenvalue weighted by molar-refractivity contribution is 0.638. The Morgan fingerprint density at radius 2 is 2.14 bits per heavy atom. The van der Waals surface area contributed by atoms with E-state index in [1.807, 2.05) is 24.5 Å². The first-order valence-corrected chi connectivity index (χ1v) is 7.72. The Balaban J connectivity index is 2.12. The zero-order valence-corrected chi connectivity index (χ0v) is 12.6. The maximum Gasteiger partial charge on any atom is 0.0858 e. The third-order valence-electron chi connectivity index (χ3n) is 3.51. The Labute approximate surface area is 127 Å². The summed E-state index contributed by atoms with van der Waals surface area (Å²) >= 11 is 1.39. The maximum atomic E-state index is 5.83. The van der Waals surface area contributed by atoms with E-state index in [0.29, 0.717) is 0 Å². The second kappa shape index (κ2) is 6.26. The molecule has 0 spiro atoms. The topological polar surface area (TPSA) is 76.7 Å². The number of fused-ring (bicyclic) bond motifs is 1. The first kappa shape index (κ1) is 14.1. The van der Waals surface area contributed by atoms with Gasteiger partial charge in [-0.25, -0.2) is 5.43 Å². The van der Waals surface area contributed by atoms with Crippen molar-refractivity contribution in [2.45, 2.75) is 25.8 Å². The molecule has 0 saturated heterocycles. The summed E-state index contributed by atoms with van der Waals surface area (Å²) in [7, 11) is 0. The zero-order valence-electron chi connectivity index (χ0n) is 11.8. The predicted octanol–water partition coefficient (Wildman–Crippen LogP) is 2.59. The summed E-state index contributed by atoms with van der Waals surface area (Å²) < 4.78 is 4.09. The van der Waals surface area contributed by atoms with Crippen LogP contribution in [0.4, 0.5) is 0 Å². The summed E-state index contributed by atoms with van der Waals surface area (Å²) in [6.45, 7) is 2.13. The minimum atomic E-state index is -0.134. The van der Waals surface area contributed by atoms with Crippen molar-refractivity contribution >= 4 is 22.3 Å². The number of hydrogen-bond acceptors (Lipinski definition) is 6. The first-order chi connectivity index (χ1) is 10.3. The fraction of sp³-hybridized carbons (Fsp3) is 0.267. The second-order valence-corrected chi connectivity index (χ2v) is 5.67. The van der Waals surface area contributed by atoms with Gasteiger partial charge in [0.1, 0.15) is 0 Å². The Bertz CT molecular complexity index is 734. The zero-order chi connectivity index (χ0) is 14.7. The Kier molecular flexibility index (Phi) is 4.19. The molecule has 0 saturated carbocycles. The highest BCUT2D eigenvalue weighted by atomic mass is 32.1. The molecule has 1 atom stereocenters. The van der Waals surface area contributed by atoms with Gasteiger partial charge in [0.15, 0.2) is 0 Å². The number of aryl methyl sites for hydroxylation is 1. The van der Waals surface area contributed by atoms with Gasteiger partial charge >= 0.3 is 0 Å². The van der Waals surface area contributed by atoms with E-state index in [9.17, 15) is 0 Å². The lowest BCUT2D eigenvalue weighted by Crippen LogP contribution is -2.29. The smallest absolute Gasteiger partial charge is 0.0858 e. The molecule has 0 aliphatic heterocycles. The van der Waals surface area contributed by atoms with Gasteiger partial charge in [0.05, 0.1) is 16.6 Å². The van der Waals surface area contributed by atoms with Crippen molar-refractivity contribution in [2.24, 2.45) is 5.84 Å². The summed E-state index contributed by atoms with van der Waals surface area (Å²) in [5.41, 5.74) is 4.97. The van der Waals surface area contributed by atoms with Gasteiger partial charge in [0, 0.05) is 23.3 Å². The van der Waals surface area contributed by atoms with E-state index in [1.165, 1.54) is 11.5 Å². The fourth-order valence-corrected chi connectivity index (χ4v) is 3.30. The third kappa shape index (κ3) is 2.65. The number of hydrogen-bond donors (Lipinski definition) is 2. The van der Waals surface area contributed by atoms with Crippen molar-refractivity contribution in [1.82, 2.24) is 20.0 Å². The van der Waals surface area contributed by atoms with Crippen LogP contribution < -0.4 is 11.3 Å². The van der Waals surface area contributed by atoms with E-state index < -0.39 is 0 Å². The highest BCUT2D eigenvalue weighted by Crippen LogP contribution is 2.31. The number of nitrogens with two attached hydrogens (primary N) is 1. The van der Waals surface area contributed by atoms with Crippen LogP contribution in [0.2, 0.25) is 0 Å². The maximum absolute atomic E-state index is 5.83. The van der Waals surface area contributed by atoms with Crippen molar-refractivity contribution in [3.63, 3.8) is 0 Å². The number of hydrazine groups is 1. The number of nitrogens with zero attached hydrogens (tertiary/aromatic N) is 3. The molecule has 0 radical (unpaired) electrons. The summed E-state index contributed by atoms with van der Waals surface area (Å²) in [6.07, 6.45) is 5.66. The van der Waals surface area contributed by atoms with Gasteiger partial charge in [-0.15, -0.1) is 5.10 Å². The van der Waals surface area contributed by atoms with E-state index in [2.05, 4.69) is 39.1 Å². The average molecular weight is 299 g/mol. The van der Waals surface area contributed by atoms with E-state index in [0.717, 1.165) is 39.7 Å². The quantitative estimate of drug-likeness (QED) is 0.559. The highest BCUT2D eigenvalue weighted by molar-refractivity contribution is 7.05. The van der Waals surface area contributed by atoms with Crippen molar-refractivity contribution < 1.29 is 0 Å². The van der Waals surface area contributed by atoms with Crippen LogP contribution in [0.3, 0.4) is 0 Å². The molecule has 3 N–H and O–H groups in total. The molecular formula is C15H17N5S. The molecule has 5 nitrogen and oxygen atoms in total. The molecule has 0 aliphatic carbocycles. The van der Waals surface area contributed by atoms with Crippen molar-refractivity contribution in [2.75, 3.05) is 0 Å². The molecule has 21 heavy (non-hydrogen) atoms. The molecule has 1 unspecified atom stereocenters. The van der Waals surface area contributed by atoms with Crippen LogP contribution in [-0.2, 0) is 6.42 Å². The summed E-state index contributed by atoms with van der Waals surface area (Å²) in [5, 5.41) is 6.48. The summed E-state index contributed by atoms with van der Waals surface area (Å²) in [4.78, 5) is 5.40. The normalized spacial score (nSPS) is 12.7. The molecule has 108 valence electrons. The fourth-order valence-electron chi connectivity index (χ4n) is 2.52. The molecule has 6 heteroatoms. The molecule has 1 aromatic carbocycles. The van der Waals surface area contributed by atoms with E-state index in [4.69, 9.17) is 5.84 Å². The standard InChI is InChI=1S/C15H17N5S/c1-2-5-13-15(21-20-19-13)14(18-16)12-9-17-8-10-6-3-4-7-11(10)12/h3-4,6-9,14,18H,2,5,16H2,1H3. The molecule has 2 aromatic heterocycles. The number of nitrogens with one attached hydrogen (secondary N) is 1. The van der Waals surface area contributed by atoms with Crippen LogP contribution in [0.5, 0.6) is 0 Å². The summed E-state index contributed by atoms with van der Waals surface area (Å²) in [5.74, 6) is 5.83. The van der Waals surface area contributed by atoms with Gasteiger partial charge in [-0.2, -0.15) is 0 Å². The van der Waals surface area contributed by atoms with Crippen molar-refractivity contribution in [3.05, 3.63) is 52.8 Å². The van der Waals surface area contributed by atoms with Gasteiger partial charge in [0.25, 0.3) is 0 Å². The van der Waals surface area contributed by atoms with Gasteiger partial charge in [-0.05, 0) is 23.3 Å². The molecule has 2 heterocycles. The van der Waals surface area contributed by atoms with Gasteiger partial charge in [-0.3, -0.25) is 10.8 Å². The molecule has 3 rings (SSSR count). The Hall–Kier alpha value is -1.89. The van der Waals surface area contributed by atoms with Crippen LogP contribution in [0.1, 0.15) is 35.5 Å². The molecule has 0 aliphatic rings. The second-order valence-electron chi connectivity index (χ2n) is 4.88. The molecule has 3 aromatic rings. The van der Waals surface area contributed by atoms with Crippen molar-refractivity contribution in [3.8, 4) is 0 Å². The molecule has 0 bridgehead atoms. The van der Waals surface area contributed by atoms with Crippen molar-refractivity contribution in [1.29, 1.82) is 0 Å². The SMILES string of the molecule is CCCc1nnsc1C(NN)c1cncc2ccccc12. The van der Waals surface area contributed by atoms with E-state index in [-0.39, 0.29) is 6.04 Å². The lowest BCUT2D eigenvalue weighted by atomic mass is 9.99. The largest absolute Gasteiger partial charge is 0.271 e. The van der Waals surface area contributed by atoms with Crippen LogP contribution >= 0.6 is 11.5 Å². The Morgan fingerprint density at radius 3 is 2.95 bits per heavy atom. The highest BCUT2D eigenvalue weighted by Gasteiger charge is 2.21. The van der Waals surface area contributed by atoms with Gasteiger partial charge in [0.2, 0.25) is 0 Å². The number of pyridine rings is 1. The van der Waals surface area contributed by atoms with Crippen LogP contribution in [0.15, 0.2) is 36.7 Å². The Morgan fingerprint density at radius 1 is 1.29 bits per heavy atom. The lowest BCUT2D eigenvalue weighted by Gasteiger charge is -2.17. The first-order valence-electron chi connectivity index (χ1n) is 6.95. The predicted molar refractivity (Wildman–Crippen MR) is 84.8 cm³/mol. The van der Waals surface area contributed by atoms with E-state index in [1.54, 1.807) is 0 Å². The van der Waals surface area contributed by atoms with Crippen LogP contribution in [0.25, 0.3) is 10.8 Å². The number of rotatable bonds is 5. The van der Waals surface area contributed by atoms with E-state index >= 15 is 0 Å². The third-order valence-corrected chi connectivity index (χ3v) is 4.34. The minimum absolute atomic E-state index is 0.134. The number of aromatic nitrogens is 3. The summed E-state index contributed by atoms with van der Waals surface area (Å²) in [6, 6.07) is 8.04. The minimum Gasteiger partial charge on any atom is -0.271 e. The molecular weight excluding hydrogens is 282 g/mol. The number of benzene rings is 1. The molecule has 0 fully saturated rings. The average Bonchev–Trinajstić information content (AvgIpc) is 2.97. The van der Waals surface area contributed by atoms with Crippen LogP contribution in [0, 0.1) is 0 Å². The van der Waals surface area contributed by atoms with Gasteiger partial charge < -0.3 is 0 Å². The molecule has 0 amide bonds.